The van der Waals surface area contributed by atoms with Crippen LogP contribution in [-0.2, 0) is 22.6 Å². The van der Waals surface area contributed by atoms with Gasteiger partial charge < -0.3 is 4.74 Å². The molecule has 0 aliphatic rings. The van der Waals surface area contributed by atoms with Gasteiger partial charge in [0.2, 0.25) is 0 Å². The molecule has 3 heteroatoms. The summed E-state index contributed by atoms with van der Waals surface area (Å²) in [6.07, 6.45) is 10.8. The van der Waals surface area contributed by atoms with Crippen LogP contribution in [0.1, 0.15) is 95.4 Å². The van der Waals surface area contributed by atoms with Crippen LogP contribution >= 0.6 is 0 Å². The van der Waals surface area contributed by atoms with Crippen LogP contribution in [0.2, 0.25) is 0 Å². The Balaban J connectivity index is 1.95. The number of carbonyl (C=O) groups excluding carboxylic acids is 1. The summed E-state index contributed by atoms with van der Waals surface area (Å²) in [4.78, 5) is 17.3. The molecule has 1 aromatic heterocycles. The first kappa shape index (κ1) is 25.1. The van der Waals surface area contributed by atoms with E-state index < -0.39 is 0 Å². The van der Waals surface area contributed by atoms with Crippen LogP contribution in [-0.4, -0.2) is 11.0 Å². The third kappa shape index (κ3) is 9.67. The highest BCUT2D eigenvalue weighted by Crippen LogP contribution is 2.32. The number of aromatic nitrogens is 1. The number of esters is 1. The van der Waals surface area contributed by atoms with Crippen molar-refractivity contribution in [1.82, 2.24) is 4.98 Å². The first-order valence-electron chi connectivity index (χ1n) is 12.1. The quantitative estimate of drug-likeness (QED) is 0.233. The van der Waals surface area contributed by atoms with E-state index >= 15 is 0 Å². The Kier molecular flexibility index (Phi) is 11.3. The molecular weight excluding hydrogens is 382 g/mol. The van der Waals surface area contributed by atoms with E-state index in [4.69, 9.17) is 9.72 Å². The van der Waals surface area contributed by atoms with E-state index in [1.807, 2.05) is 36.5 Å². The fourth-order valence-electron chi connectivity index (χ4n) is 4.00. The van der Waals surface area contributed by atoms with Gasteiger partial charge in [-0.25, -0.2) is 0 Å². The molecule has 31 heavy (non-hydrogen) atoms. The average molecular weight is 424 g/mol. The van der Waals surface area contributed by atoms with Gasteiger partial charge in [0.25, 0.3) is 0 Å². The molecule has 0 N–H and O–H groups in total. The number of benzene rings is 1. The van der Waals surface area contributed by atoms with Crippen molar-refractivity contribution in [2.75, 3.05) is 0 Å². The van der Waals surface area contributed by atoms with Crippen molar-refractivity contribution < 1.29 is 9.53 Å². The molecule has 0 bridgehead atoms. The Morgan fingerprint density at radius 2 is 1.71 bits per heavy atom. The van der Waals surface area contributed by atoms with Gasteiger partial charge in [-0.05, 0) is 48.3 Å². The zero-order valence-electron chi connectivity index (χ0n) is 20.0. The van der Waals surface area contributed by atoms with Crippen molar-refractivity contribution in [3.8, 4) is 0 Å². The maximum absolute atomic E-state index is 12.5. The Morgan fingerprint density at radius 3 is 2.35 bits per heavy atom. The minimum absolute atomic E-state index is 0.126. The smallest absolute Gasteiger partial charge is 0.306 e. The normalized spacial score (nSPS) is 13.2. The fourth-order valence-corrected chi connectivity index (χ4v) is 4.00. The summed E-state index contributed by atoms with van der Waals surface area (Å²) in [5.41, 5.74) is 3.45. The van der Waals surface area contributed by atoms with E-state index in [9.17, 15) is 4.79 Å². The van der Waals surface area contributed by atoms with Gasteiger partial charge in [0.05, 0.1) is 0 Å². The first-order valence-corrected chi connectivity index (χ1v) is 12.1. The Hall–Kier alpha value is -2.16. The summed E-state index contributed by atoms with van der Waals surface area (Å²) in [6.45, 7) is 9.25. The van der Waals surface area contributed by atoms with E-state index in [0.717, 1.165) is 30.5 Å². The Morgan fingerprint density at radius 1 is 0.935 bits per heavy atom. The summed E-state index contributed by atoms with van der Waals surface area (Å²) in [5.74, 6) is 0.988. The van der Waals surface area contributed by atoms with E-state index in [0.29, 0.717) is 18.9 Å². The van der Waals surface area contributed by atoms with E-state index in [1.54, 1.807) is 0 Å². The number of carbonyl (C=O) groups is 1. The highest BCUT2D eigenvalue weighted by molar-refractivity contribution is 5.69. The van der Waals surface area contributed by atoms with Crippen molar-refractivity contribution in [3.63, 3.8) is 0 Å². The van der Waals surface area contributed by atoms with E-state index in [-0.39, 0.29) is 17.8 Å². The lowest BCUT2D eigenvalue weighted by Gasteiger charge is -2.24. The summed E-state index contributed by atoms with van der Waals surface area (Å²) in [7, 11) is 0. The monoisotopic (exact) mass is 423 g/mol. The number of unbranched alkanes of at least 4 members (excludes halogenated alkanes) is 3. The van der Waals surface area contributed by atoms with Gasteiger partial charge in [-0.2, -0.15) is 0 Å². The molecule has 0 aliphatic heterocycles. The molecule has 0 saturated carbocycles. The largest absolute Gasteiger partial charge is 0.461 e. The second kappa shape index (κ2) is 14.0. The molecule has 1 aromatic carbocycles. The molecule has 170 valence electrons. The predicted molar refractivity (Wildman–Crippen MR) is 129 cm³/mol. The number of aryl methyl sites for hydroxylation is 1. The number of hydrogen-bond donors (Lipinski definition) is 0. The third-order valence-corrected chi connectivity index (χ3v) is 6.02. The van der Waals surface area contributed by atoms with Crippen molar-refractivity contribution in [3.05, 3.63) is 65.5 Å². The minimum Gasteiger partial charge on any atom is -0.461 e. The lowest BCUT2D eigenvalue weighted by Crippen LogP contribution is -2.18. The molecule has 1 heterocycles. The number of ether oxygens (including phenoxy) is 1. The van der Waals surface area contributed by atoms with Gasteiger partial charge in [-0.3, -0.25) is 9.78 Å². The van der Waals surface area contributed by atoms with Gasteiger partial charge in [0, 0.05) is 24.2 Å². The molecule has 2 rings (SSSR count). The van der Waals surface area contributed by atoms with Crippen LogP contribution in [0.15, 0.2) is 48.7 Å². The molecule has 0 aliphatic carbocycles. The molecule has 3 nitrogen and oxygen atoms in total. The molecule has 2 aromatic rings. The van der Waals surface area contributed by atoms with Gasteiger partial charge in [0.1, 0.15) is 6.61 Å². The van der Waals surface area contributed by atoms with Gasteiger partial charge >= 0.3 is 5.97 Å². The lowest BCUT2D eigenvalue weighted by molar-refractivity contribution is -0.146. The molecular formula is C28H41NO2. The summed E-state index contributed by atoms with van der Waals surface area (Å²) in [5, 5.41) is 0. The molecule has 0 fully saturated rings. The average Bonchev–Trinajstić information content (AvgIpc) is 2.77. The summed E-state index contributed by atoms with van der Waals surface area (Å²) in [6, 6.07) is 14.3. The first-order chi connectivity index (χ1) is 15.0. The number of hydrogen-bond acceptors (Lipinski definition) is 3. The molecule has 0 unspecified atom stereocenters. The maximum atomic E-state index is 12.5. The zero-order chi connectivity index (χ0) is 22.5. The molecule has 0 saturated heterocycles. The highest BCUT2D eigenvalue weighted by Gasteiger charge is 2.24. The van der Waals surface area contributed by atoms with Crippen molar-refractivity contribution in [1.29, 1.82) is 0 Å². The van der Waals surface area contributed by atoms with Crippen LogP contribution in [0, 0.1) is 11.8 Å². The van der Waals surface area contributed by atoms with Crippen LogP contribution < -0.4 is 0 Å². The third-order valence-electron chi connectivity index (χ3n) is 6.02. The summed E-state index contributed by atoms with van der Waals surface area (Å²) >= 11 is 0. The summed E-state index contributed by atoms with van der Waals surface area (Å²) < 4.78 is 5.53. The highest BCUT2D eigenvalue weighted by atomic mass is 16.5. The van der Waals surface area contributed by atoms with Crippen molar-refractivity contribution in [2.24, 2.45) is 11.8 Å². The van der Waals surface area contributed by atoms with Crippen LogP contribution in [0.5, 0.6) is 0 Å². The van der Waals surface area contributed by atoms with Crippen molar-refractivity contribution >= 4 is 5.97 Å². The molecule has 0 spiro atoms. The Bertz CT molecular complexity index is 739. The maximum Gasteiger partial charge on any atom is 0.306 e. The molecule has 0 amide bonds. The second-order valence-electron chi connectivity index (χ2n) is 9.31. The van der Waals surface area contributed by atoms with E-state index in [2.05, 4.69) is 39.8 Å². The van der Waals surface area contributed by atoms with Crippen molar-refractivity contribution in [2.45, 2.75) is 91.6 Å². The second-order valence-corrected chi connectivity index (χ2v) is 9.31. The van der Waals surface area contributed by atoms with Gasteiger partial charge in [-0.15, -0.1) is 0 Å². The van der Waals surface area contributed by atoms with Gasteiger partial charge in [-0.1, -0.05) is 89.8 Å². The van der Waals surface area contributed by atoms with E-state index in [1.165, 1.54) is 31.2 Å². The Labute approximate surface area is 189 Å². The molecule has 0 radical (unpaired) electrons. The number of pyridine rings is 1. The van der Waals surface area contributed by atoms with Crippen LogP contribution in [0.4, 0.5) is 0 Å². The number of rotatable bonds is 14. The number of nitrogens with zero attached hydrogens (tertiary/aromatic N) is 1. The minimum atomic E-state index is -0.126. The van der Waals surface area contributed by atoms with Crippen LogP contribution in [0.25, 0.3) is 0 Å². The standard InChI is InChI=1S/C28H41NO2/c1-5-6-7-9-12-24-16-18-27(29-20-24)26(17-15-22(2)3)23(4)19-28(30)31-21-25-13-10-8-11-14-25/h8,10-11,13-14,16,18,20,22-23,26H,5-7,9,12,15,17,19,21H2,1-4H3/t23-,26-/m0/s1. The topological polar surface area (TPSA) is 39.2 Å². The lowest BCUT2D eigenvalue weighted by atomic mass is 9.83. The van der Waals surface area contributed by atoms with Gasteiger partial charge in [0.15, 0.2) is 0 Å². The molecule has 2 atom stereocenters. The van der Waals surface area contributed by atoms with Crippen LogP contribution in [0.3, 0.4) is 0 Å². The fraction of sp³-hybridized carbons (Fsp3) is 0.571. The SMILES string of the molecule is CCCCCCc1ccc([C@@H](CCC(C)C)[C@@H](C)CC(=O)OCc2ccccc2)nc1. The predicted octanol–water partition coefficient (Wildman–Crippen LogP) is 7.49. The zero-order valence-corrected chi connectivity index (χ0v) is 20.0.